The number of aryl methyl sites for hydroxylation is 2. The van der Waals surface area contributed by atoms with E-state index in [9.17, 15) is 14.0 Å². The fourth-order valence-corrected chi connectivity index (χ4v) is 5.81. The molecule has 1 heterocycles. The number of aliphatic hydroxyl groups is 1. The number of carbonyl (C=O) groups excluding carboxylic acids is 2. The van der Waals surface area contributed by atoms with Gasteiger partial charge in [0.05, 0.1) is 5.69 Å². The molecule has 0 bridgehead atoms. The van der Waals surface area contributed by atoms with Crippen molar-refractivity contribution in [3.05, 3.63) is 88.6 Å². The molecule has 1 aromatic heterocycles. The van der Waals surface area contributed by atoms with Gasteiger partial charge in [0.15, 0.2) is 10.9 Å². The summed E-state index contributed by atoms with van der Waals surface area (Å²) in [5.74, 6) is -0.603. The van der Waals surface area contributed by atoms with Crippen molar-refractivity contribution in [2.24, 2.45) is 0 Å². The number of allylic oxidation sites excluding steroid dienone is 2. The highest BCUT2D eigenvalue weighted by atomic mass is 32.1. The molecule has 3 aromatic rings. The molecule has 2 N–H and O–H groups in total. The average molecular weight is 576 g/mol. The van der Waals surface area contributed by atoms with Crippen molar-refractivity contribution in [1.82, 2.24) is 10.3 Å². The lowest BCUT2D eigenvalue weighted by Crippen LogP contribution is -2.26. The van der Waals surface area contributed by atoms with Gasteiger partial charge in [0.1, 0.15) is 12.4 Å². The quantitative estimate of drug-likeness (QED) is 0.120. The topological polar surface area (TPSA) is 82.5 Å². The monoisotopic (exact) mass is 575 g/mol. The number of aliphatic hydroxyl groups excluding tert-OH is 1. The number of nitrogens with one attached hydrogen (secondary N) is 1. The van der Waals surface area contributed by atoms with E-state index >= 15 is 0 Å². The number of hydrogen-bond acceptors (Lipinski definition) is 6. The smallest absolute Gasteiger partial charge is 0.247 e. The van der Waals surface area contributed by atoms with Crippen LogP contribution in [-0.2, 0) is 22.4 Å². The van der Waals surface area contributed by atoms with Crippen LogP contribution in [0.25, 0.3) is 11.3 Å². The van der Waals surface area contributed by atoms with Crippen molar-refractivity contribution in [1.29, 1.82) is 0 Å². The van der Waals surface area contributed by atoms with Crippen LogP contribution >= 0.6 is 11.3 Å². The first-order valence-electron chi connectivity index (χ1n) is 14.3. The van der Waals surface area contributed by atoms with Crippen molar-refractivity contribution >= 4 is 33.8 Å². The van der Waals surface area contributed by atoms with E-state index in [1.807, 2.05) is 24.5 Å². The molecule has 1 aliphatic carbocycles. The van der Waals surface area contributed by atoms with Gasteiger partial charge in [-0.25, -0.2) is 9.37 Å². The van der Waals surface area contributed by atoms with Crippen LogP contribution in [0.1, 0.15) is 56.6 Å². The Morgan fingerprint density at radius 3 is 2.71 bits per heavy atom. The molecule has 6 nitrogen and oxygen atoms in total. The molecule has 4 rings (SSSR count). The van der Waals surface area contributed by atoms with Gasteiger partial charge in [-0.15, -0.1) is 11.3 Å². The first-order valence-corrected chi connectivity index (χ1v) is 15.2. The molecule has 1 aliphatic rings. The molecule has 1 amide bonds. The van der Waals surface area contributed by atoms with Crippen LogP contribution in [0.5, 0.6) is 0 Å². The van der Waals surface area contributed by atoms with E-state index in [1.165, 1.54) is 29.7 Å². The summed E-state index contributed by atoms with van der Waals surface area (Å²) in [6.45, 7) is 2.67. The maximum Gasteiger partial charge on any atom is 0.247 e. The van der Waals surface area contributed by atoms with E-state index in [-0.39, 0.29) is 23.9 Å². The predicted molar refractivity (Wildman–Crippen MR) is 164 cm³/mol. The molecular formula is C33H38FN3O3S. The third kappa shape index (κ3) is 8.68. The third-order valence-electron chi connectivity index (χ3n) is 7.12. The lowest BCUT2D eigenvalue weighted by molar-refractivity contribution is -0.122. The molecule has 0 saturated carbocycles. The molecule has 41 heavy (non-hydrogen) atoms. The van der Waals surface area contributed by atoms with Crippen LogP contribution in [0.3, 0.4) is 0 Å². The van der Waals surface area contributed by atoms with Crippen molar-refractivity contribution in [2.75, 3.05) is 24.6 Å². The minimum atomic E-state index is -0.457. The first kappa shape index (κ1) is 30.3. The van der Waals surface area contributed by atoms with E-state index < -0.39 is 6.61 Å². The number of carbonyl (C=O) groups is 2. The molecule has 0 atom stereocenters. The highest BCUT2D eigenvalue weighted by Gasteiger charge is 2.18. The normalized spacial score (nSPS) is 13.0. The Morgan fingerprint density at radius 2 is 1.93 bits per heavy atom. The highest BCUT2D eigenvalue weighted by Crippen LogP contribution is 2.35. The molecule has 0 saturated heterocycles. The first-order chi connectivity index (χ1) is 20.0. The fraction of sp³-hybridized carbons (Fsp3) is 0.364. The molecule has 0 fully saturated rings. The molecule has 0 spiro atoms. The number of hydrogen-bond donors (Lipinski definition) is 2. The number of fused-ring (bicyclic) bond motifs is 1. The van der Waals surface area contributed by atoms with Crippen LogP contribution in [0.15, 0.2) is 71.6 Å². The number of thiazole rings is 1. The van der Waals surface area contributed by atoms with Gasteiger partial charge in [-0.2, -0.15) is 0 Å². The summed E-state index contributed by atoms with van der Waals surface area (Å²) in [5.41, 5.74) is 6.36. The van der Waals surface area contributed by atoms with E-state index in [2.05, 4.69) is 34.5 Å². The number of amides is 1. The number of Topliss-reactive ketones (excluding diaryl/α,β-unsaturated/α-hetero) is 1. The fourth-order valence-electron chi connectivity index (χ4n) is 4.93. The van der Waals surface area contributed by atoms with Crippen LogP contribution in [-0.4, -0.2) is 41.5 Å². The predicted octanol–water partition coefficient (Wildman–Crippen LogP) is 6.71. The molecule has 8 heteroatoms. The largest absolute Gasteiger partial charge is 0.389 e. The van der Waals surface area contributed by atoms with Crippen LogP contribution in [0, 0.1) is 5.82 Å². The number of benzene rings is 2. The number of halogens is 1. The van der Waals surface area contributed by atoms with E-state index in [0.717, 1.165) is 54.3 Å². The van der Waals surface area contributed by atoms with Gasteiger partial charge in [0.2, 0.25) is 5.91 Å². The zero-order valence-corrected chi connectivity index (χ0v) is 24.4. The molecule has 0 unspecified atom stereocenters. The summed E-state index contributed by atoms with van der Waals surface area (Å²) in [6, 6.07) is 13.1. The zero-order valence-electron chi connectivity index (χ0n) is 23.6. The summed E-state index contributed by atoms with van der Waals surface area (Å²) in [5, 5.41) is 14.6. The van der Waals surface area contributed by atoms with E-state index in [0.29, 0.717) is 25.0 Å². The molecular weight excluding hydrogens is 537 g/mol. The molecule has 2 aromatic carbocycles. The zero-order chi connectivity index (χ0) is 29.0. The molecule has 0 radical (unpaired) electrons. The number of aromatic nitrogens is 1. The number of rotatable bonds is 15. The van der Waals surface area contributed by atoms with E-state index in [1.54, 1.807) is 23.5 Å². The Morgan fingerprint density at radius 1 is 1.12 bits per heavy atom. The Balaban J connectivity index is 1.40. The van der Waals surface area contributed by atoms with Gasteiger partial charge >= 0.3 is 0 Å². The summed E-state index contributed by atoms with van der Waals surface area (Å²) < 4.78 is 13.4. The van der Waals surface area contributed by atoms with Gasteiger partial charge in [-0.3, -0.25) is 9.59 Å². The lowest BCUT2D eigenvalue weighted by Gasteiger charge is -2.22. The Kier molecular flexibility index (Phi) is 11.4. The van der Waals surface area contributed by atoms with Crippen LogP contribution < -0.4 is 10.2 Å². The van der Waals surface area contributed by atoms with Crippen molar-refractivity contribution < 1.29 is 19.1 Å². The minimum Gasteiger partial charge on any atom is -0.389 e. The number of ketones is 1. The van der Waals surface area contributed by atoms with Gasteiger partial charge in [0, 0.05) is 41.7 Å². The van der Waals surface area contributed by atoms with Gasteiger partial charge in [-0.05, 0) is 92.5 Å². The maximum atomic E-state index is 13.4. The lowest BCUT2D eigenvalue weighted by atomic mass is 10.1. The minimum absolute atomic E-state index is 0.121. The SMILES string of the molecule is CC/C=C(\C/C=C\CCN(c1ccc2c(c1)CCC2)c1nc(-c2ccc(F)cc2)cs1)C(=O)NCCCC(=O)CO. The average Bonchev–Trinajstić information content (AvgIpc) is 3.66. The van der Waals surface area contributed by atoms with Gasteiger partial charge < -0.3 is 15.3 Å². The maximum absolute atomic E-state index is 13.4. The second kappa shape index (κ2) is 15.4. The van der Waals surface area contributed by atoms with Crippen LogP contribution in [0.2, 0.25) is 0 Å². The second-order valence-corrected chi connectivity index (χ2v) is 11.0. The Bertz CT molecular complexity index is 1380. The Hall–Kier alpha value is -3.62. The third-order valence-corrected chi connectivity index (χ3v) is 7.98. The standard InChI is InChI=1S/C33H38FN3O3S/c1-2-8-26(32(40)35-19-7-12-30(39)22-38)9-4-3-5-20-37(29-18-15-24-10-6-11-27(24)21-29)33-36-31(23-41-33)25-13-16-28(34)17-14-25/h3-4,8,13-18,21,23,38H,2,5-7,9-12,19-20,22H2,1H3,(H,35,40)/b4-3-,26-8+. The number of nitrogens with zero attached hydrogens (tertiary/aromatic N) is 2. The summed E-state index contributed by atoms with van der Waals surface area (Å²) in [6.07, 6.45) is 12.3. The van der Waals surface area contributed by atoms with E-state index in [4.69, 9.17) is 10.1 Å². The van der Waals surface area contributed by atoms with Gasteiger partial charge in [0.25, 0.3) is 0 Å². The Labute approximate surface area is 245 Å². The number of anilines is 2. The van der Waals surface area contributed by atoms with Crippen molar-refractivity contribution in [3.63, 3.8) is 0 Å². The van der Waals surface area contributed by atoms with Gasteiger partial charge in [-0.1, -0.05) is 31.2 Å². The van der Waals surface area contributed by atoms with Crippen molar-refractivity contribution in [3.8, 4) is 11.3 Å². The highest BCUT2D eigenvalue weighted by molar-refractivity contribution is 7.14. The molecule has 0 aliphatic heterocycles. The summed E-state index contributed by atoms with van der Waals surface area (Å²) in [4.78, 5) is 31.0. The summed E-state index contributed by atoms with van der Waals surface area (Å²) in [7, 11) is 0. The molecule has 216 valence electrons. The summed E-state index contributed by atoms with van der Waals surface area (Å²) >= 11 is 1.58. The van der Waals surface area contributed by atoms with Crippen molar-refractivity contribution in [2.45, 2.75) is 58.3 Å². The second-order valence-electron chi connectivity index (χ2n) is 10.1. The van der Waals surface area contributed by atoms with Crippen LogP contribution in [0.4, 0.5) is 15.2 Å².